The summed E-state index contributed by atoms with van der Waals surface area (Å²) in [6.45, 7) is 2.76. The molecule has 0 radical (unpaired) electrons. The molecule has 126 valence electrons. The summed E-state index contributed by atoms with van der Waals surface area (Å²) in [5.74, 6) is 0. The molecule has 9 heteroatoms. The Hall–Kier alpha value is -0.630. The van der Waals surface area contributed by atoms with Crippen LogP contribution < -0.4 is 0 Å². The summed E-state index contributed by atoms with van der Waals surface area (Å²) in [7, 11) is 0. The fraction of sp³-hybridized carbons (Fsp3) is 1.00. The number of halogens is 9. The predicted molar refractivity (Wildman–Crippen MR) is 56.3 cm³/mol. The van der Waals surface area contributed by atoms with Crippen molar-refractivity contribution in [2.45, 2.75) is 53.1 Å². The first-order valence-corrected chi connectivity index (χ1v) is 5.95. The minimum absolute atomic E-state index is 0.0131. The Kier molecular flexibility index (Phi) is 3.35. The standard InChI is InChI=1S/C12H15F9/c1-6(2)7(3,4)9(11(16,17)18,12(19,20)21)8(6,5)10(13,14)15/h1-5H3. The van der Waals surface area contributed by atoms with E-state index in [9.17, 15) is 39.5 Å². The zero-order valence-electron chi connectivity index (χ0n) is 11.9. The third-order valence-electron chi connectivity index (χ3n) is 5.92. The number of alkyl halides is 9. The van der Waals surface area contributed by atoms with Crippen molar-refractivity contribution in [3.8, 4) is 0 Å². The molecule has 1 aliphatic carbocycles. The average Bonchev–Trinajstić information content (AvgIpc) is 2.09. The smallest absolute Gasteiger partial charge is 0.170 e. The zero-order valence-corrected chi connectivity index (χ0v) is 11.9. The maximum absolute atomic E-state index is 13.3. The van der Waals surface area contributed by atoms with E-state index in [1.165, 1.54) is 0 Å². The molecule has 0 amide bonds. The van der Waals surface area contributed by atoms with Crippen LogP contribution in [-0.2, 0) is 0 Å². The number of hydrogen-bond donors (Lipinski definition) is 0. The summed E-state index contributed by atoms with van der Waals surface area (Å²) in [5.41, 5.74) is -13.8. The third kappa shape index (κ3) is 1.50. The van der Waals surface area contributed by atoms with Crippen LogP contribution in [0.3, 0.4) is 0 Å². The van der Waals surface area contributed by atoms with Gasteiger partial charge in [-0.25, -0.2) is 0 Å². The van der Waals surface area contributed by atoms with Crippen LogP contribution in [0.25, 0.3) is 0 Å². The molecule has 0 bridgehead atoms. The molecule has 1 aliphatic rings. The topological polar surface area (TPSA) is 0 Å². The molecule has 0 aromatic rings. The minimum atomic E-state index is -6.09. The van der Waals surface area contributed by atoms with Crippen LogP contribution in [0.4, 0.5) is 39.5 Å². The first-order valence-electron chi connectivity index (χ1n) is 5.95. The van der Waals surface area contributed by atoms with Gasteiger partial charge >= 0.3 is 18.5 Å². The molecule has 0 saturated heterocycles. The van der Waals surface area contributed by atoms with E-state index in [0.717, 1.165) is 13.8 Å². The molecule has 0 nitrogen and oxygen atoms in total. The largest absolute Gasteiger partial charge is 0.404 e. The Labute approximate surface area is 115 Å². The van der Waals surface area contributed by atoms with Gasteiger partial charge in [0.1, 0.15) is 0 Å². The lowest BCUT2D eigenvalue weighted by atomic mass is 9.25. The van der Waals surface area contributed by atoms with E-state index in [-0.39, 0.29) is 6.92 Å². The molecule has 1 unspecified atom stereocenters. The van der Waals surface area contributed by atoms with Crippen LogP contribution in [0.2, 0.25) is 0 Å². The van der Waals surface area contributed by atoms with Gasteiger partial charge in [-0.05, 0) is 17.8 Å². The van der Waals surface area contributed by atoms with Crippen molar-refractivity contribution in [1.29, 1.82) is 0 Å². The van der Waals surface area contributed by atoms with Gasteiger partial charge in [-0.1, -0.05) is 27.7 Å². The highest BCUT2D eigenvalue weighted by Crippen LogP contribution is 2.88. The molecule has 21 heavy (non-hydrogen) atoms. The zero-order chi connectivity index (χ0) is 17.5. The van der Waals surface area contributed by atoms with E-state index >= 15 is 0 Å². The molecule has 0 heterocycles. The van der Waals surface area contributed by atoms with E-state index in [1.54, 1.807) is 0 Å². The summed E-state index contributed by atoms with van der Waals surface area (Å²) < 4.78 is 120. The quantitative estimate of drug-likeness (QED) is 0.497. The first-order chi connectivity index (χ1) is 8.75. The lowest BCUT2D eigenvalue weighted by Crippen LogP contribution is -2.86. The molecule has 0 spiro atoms. The second kappa shape index (κ2) is 3.82. The van der Waals surface area contributed by atoms with Crippen molar-refractivity contribution in [3.05, 3.63) is 0 Å². The highest BCUT2D eigenvalue weighted by atomic mass is 19.4. The summed E-state index contributed by atoms with van der Waals surface area (Å²) in [4.78, 5) is 0. The lowest BCUT2D eigenvalue weighted by Gasteiger charge is -2.77. The van der Waals surface area contributed by atoms with Crippen molar-refractivity contribution >= 4 is 0 Å². The highest BCUT2D eigenvalue weighted by Gasteiger charge is 2.99. The fourth-order valence-corrected chi connectivity index (χ4v) is 4.13. The van der Waals surface area contributed by atoms with Crippen LogP contribution in [-0.4, -0.2) is 18.5 Å². The van der Waals surface area contributed by atoms with Gasteiger partial charge in [-0.2, -0.15) is 39.5 Å². The lowest BCUT2D eigenvalue weighted by molar-refractivity contribution is -0.538. The Morgan fingerprint density at radius 1 is 0.476 bits per heavy atom. The molecule has 0 aromatic heterocycles. The van der Waals surface area contributed by atoms with E-state index in [0.29, 0.717) is 13.8 Å². The Morgan fingerprint density at radius 2 is 0.762 bits per heavy atom. The van der Waals surface area contributed by atoms with Crippen molar-refractivity contribution < 1.29 is 39.5 Å². The van der Waals surface area contributed by atoms with Crippen molar-refractivity contribution in [3.63, 3.8) is 0 Å². The summed E-state index contributed by atoms with van der Waals surface area (Å²) in [5, 5.41) is 0. The maximum Gasteiger partial charge on any atom is 0.404 e. The van der Waals surface area contributed by atoms with Crippen molar-refractivity contribution in [2.24, 2.45) is 21.7 Å². The van der Waals surface area contributed by atoms with Gasteiger partial charge in [0.2, 0.25) is 0 Å². The van der Waals surface area contributed by atoms with Gasteiger partial charge in [0.25, 0.3) is 0 Å². The summed E-state index contributed by atoms with van der Waals surface area (Å²) in [6, 6.07) is 0. The third-order valence-corrected chi connectivity index (χ3v) is 5.92. The monoisotopic (exact) mass is 330 g/mol. The first kappa shape index (κ1) is 18.4. The van der Waals surface area contributed by atoms with Crippen molar-refractivity contribution in [1.82, 2.24) is 0 Å². The SMILES string of the molecule is CC1(C)C(C)(C)C(C(F)(F)F)(C(F)(F)F)C1(C)C(F)(F)F. The molecule has 0 aliphatic heterocycles. The van der Waals surface area contributed by atoms with Crippen molar-refractivity contribution in [2.75, 3.05) is 0 Å². The van der Waals surface area contributed by atoms with Crippen LogP contribution in [0.15, 0.2) is 0 Å². The van der Waals surface area contributed by atoms with Gasteiger partial charge in [0, 0.05) is 0 Å². The molecular formula is C12H15F9. The molecule has 0 aromatic carbocycles. The predicted octanol–water partition coefficient (Wildman–Crippen LogP) is 5.73. The van der Waals surface area contributed by atoms with Gasteiger partial charge in [-0.3, -0.25) is 0 Å². The molecule has 1 atom stereocenters. The van der Waals surface area contributed by atoms with E-state index in [4.69, 9.17) is 0 Å². The summed E-state index contributed by atoms with van der Waals surface area (Å²) >= 11 is 0. The molecular weight excluding hydrogens is 315 g/mol. The average molecular weight is 330 g/mol. The Morgan fingerprint density at radius 3 is 0.905 bits per heavy atom. The second-order valence-corrected chi connectivity index (χ2v) is 6.62. The van der Waals surface area contributed by atoms with Gasteiger partial charge < -0.3 is 0 Å². The van der Waals surface area contributed by atoms with E-state index < -0.39 is 40.2 Å². The molecule has 1 rings (SSSR count). The van der Waals surface area contributed by atoms with Crippen LogP contribution in [0, 0.1) is 21.7 Å². The van der Waals surface area contributed by atoms with E-state index in [2.05, 4.69) is 0 Å². The molecule has 1 fully saturated rings. The van der Waals surface area contributed by atoms with E-state index in [1.807, 2.05) is 0 Å². The molecule has 1 saturated carbocycles. The minimum Gasteiger partial charge on any atom is -0.170 e. The normalized spacial score (nSPS) is 31.7. The van der Waals surface area contributed by atoms with Gasteiger partial charge in [0.05, 0.1) is 5.41 Å². The maximum atomic E-state index is 13.3. The van der Waals surface area contributed by atoms with Crippen LogP contribution in [0.5, 0.6) is 0 Å². The van der Waals surface area contributed by atoms with Gasteiger partial charge in [0.15, 0.2) is 5.41 Å². The highest BCUT2D eigenvalue weighted by molar-refractivity contribution is 5.31. The second-order valence-electron chi connectivity index (χ2n) is 6.62. The molecule has 0 N–H and O–H groups in total. The van der Waals surface area contributed by atoms with Gasteiger partial charge in [-0.15, -0.1) is 0 Å². The fourth-order valence-electron chi connectivity index (χ4n) is 4.13. The summed E-state index contributed by atoms with van der Waals surface area (Å²) in [6.07, 6.45) is -17.8. The number of hydrogen-bond acceptors (Lipinski definition) is 0. The Bertz CT molecular complexity index is 421. The van der Waals surface area contributed by atoms with Crippen LogP contribution >= 0.6 is 0 Å². The van der Waals surface area contributed by atoms with Crippen LogP contribution in [0.1, 0.15) is 34.6 Å². The Balaban J connectivity index is 3.94. The number of rotatable bonds is 0.